The molecule has 0 aliphatic carbocycles. The van der Waals surface area contributed by atoms with Gasteiger partial charge in [0.05, 0.1) is 0 Å². The van der Waals surface area contributed by atoms with Crippen molar-refractivity contribution in [3.63, 3.8) is 0 Å². The van der Waals surface area contributed by atoms with Crippen LogP contribution in [-0.4, -0.2) is 31.3 Å². The van der Waals surface area contributed by atoms with Gasteiger partial charge < -0.3 is 9.69 Å². The Morgan fingerprint density at radius 1 is 1.54 bits per heavy atom. The van der Waals surface area contributed by atoms with Crippen molar-refractivity contribution in [1.29, 1.82) is 0 Å². The molecular formula is C11H19NO. The minimum atomic E-state index is -0.0989. The van der Waals surface area contributed by atoms with Crippen LogP contribution < -0.4 is 0 Å². The lowest BCUT2D eigenvalue weighted by molar-refractivity contribution is -0.118. The number of hydrogen-bond donors (Lipinski definition) is 0. The lowest BCUT2D eigenvalue weighted by atomic mass is 9.75. The highest BCUT2D eigenvalue weighted by Crippen LogP contribution is 2.34. The van der Waals surface area contributed by atoms with Gasteiger partial charge in [-0.1, -0.05) is 5.57 Å². The Hall–Kier alpha value is -0.630. The van der Waals surface area contributed by atoms with E-state index < -0.39 is 0 Å². The molecule has 0 aromatic heterocycles. The highest BCUT2D eigenvalue weighted by atomic mass is 16.1. The van der Waals surface area contributed by atoms with Crippen LogP contribution in [0.5, 0.6) is 0 Å². The highest BCUT2D eigenvalue weighted by molar-refractivity contribution is 5.60. The molecule has 0 atom stereocenters. The van der Waals surface area contributed by atoms with Crippen molar-refractivity contribution < 1.29 is 4.79 Å². The molecule has 13 heavy (non-hydrogen) atoms. The maximum absolute atomic E-state index is 11.1. The fourth-order valence-electron chi connectivity index (χ4n) is 2.00. The number of rotatable bonds is 3. The van der Waals surface area contributed by atoms with Gasteiger partial charge in [-0.2, -0.15) is 0 Å². The van der Waals surface area contributed by atoms with Gasteiger partial charge in [-0.05, 0) is 46.3 Å². The second-order valence-corrected chi connectivity index (χ2v) is 4.42. The molecule has 1 heterocycles. The van der Waals surface area contributed by atoms with Gasteiger partial charge in [0.25, 0.3) is 0 Å². The van der Waals surface area contributed by atoms with E-state index >= 15 is 0 Å². The van der Waals surface area contributed by atoms with Crippen molar-refractivity contribution in [2.75, 3.05) is 20.1 Å². The van der Waals surface area contributed by atoms with Crippen LogP contribution in [-0.2, 0) is 4.79 Å². The molecule has 0 bridgehead atoms. The number of likely N-dealkylation sites (tertiary alicyclic amines) is 1. The fraction of sp³-hybridized carbons (Fsp3) is 0.727. The third-order valence-corrected chi connectivity index (χ3v) is 2.89. The topological polar surface area (TPSA) is 20.3 Å². The Labute approximate surface area is 80.6 Å². The first-order valence-electron chi connectivity index (χ1n) is 4.87. The molecule has 1 aliphatic heterocycles. The first-order valence-corrected chi connectivity index (χ1v) is 4.87. The monoisotopic (exact) mass is 181 g/mol. The van der Waals surface area contributed by atoms with Crippen LogP contribution in [0.15, 0.2) is 12.2 Å². The van der Waals surface area contributed by atoms with Gasteiger partial charge in [0, 0.05) is 5.41 Å². The number of piperidine rings is 1. The van der Waals surface area contributed by atoms with Gasteiger partial charge in [0.15, 0.2) is 0 Å². The second-order valence-electron chi connectivity index (χ2n) is 4.42. The molecule has 0 aromatic rings. The number of nitrogens with zero attached hydrogens (tertiary/aromatic N) is 1. The van der Waals surface area contributed by atoms with Crippen molar-refractivity contribution >= 4 is 6.29 Å². The summed E-state index contributed by atoms with van der Waals surface area (Å²) in [5, 5.41) is 0. The molecule has 0 N–H and O–H groups in total. The Morgan fingerprint density at radius 2 is 2.08 bits per heavy atom. The van der Waals surface area contributed by atoms with Crippen LogP contribution in [0.3, 0.4) is 0 Å². The smallest absolute Gasteiger partial charge is 0.126 e. The average molecular weight is 181 g/mol. The maximum Gasteiger partial charge on any atom is 0.126 e. The standard InChI is InChI=1S/C11H19NO/c1-10(2)8-11(9-13)4-6-12(3)7-5-11/h9H,1,4-8H2,2-3H3. The van der Waals surface area contributed by atoms with Crippen LogP contribution in [0.2, 0.25) is 0 Å². The second kappa shape index (κ2) is 4.05. The quantitative estimate of drug-likeness (QED) is 0.489. The van der Waals surface area contributed by atoms with Crippen LogP contribution >= 0.6 is 0 Å². The highest BCUT2D eigenvalue weighted by Gasteiger charge is 2.32. The molecular weight excluding hydrogens is 162 g/mol. The van der Waals surface area contributed by atoms with Crippen LogP contribution in [0.25, 0.3) is 0 Å². The van der Waals surface area contributed by atoms with E-state index in [9.17, 15) is 4.79 Å². The van der Waals surface area contributed by atoms with Crippen LogP contribution in [0.4, 0.5) is 0 Å². The molecule has 1 saturated heterocycles. The number of aldehydes is 1. The third-order valence-electron chi connectivity index (χ3n) is 2.89. The summed E-state index contributed by atoms with van der Waals surface area (Å²) in [5.41, 5.74) is 1.02. The van der Waals surface area contributed by atoms with Gasteiger partial charge >= 0.3 is 0 Å². The SMILES string of the molecule is C=C(C)CC1(C=O)CCN(C)CC1. The largest absolute Gasteiger partial charge is 0.306 e. The fourth-order valence-corrected chi connectivity index (χ4v) is 2.00. The van der Waals surface area contributed by atoms with E-state index in [4.69, 9.17) is 0 Å². The summed E-state index contributed by atoms with van der Waals surface area (Å²) in [6.45, 7) is 7.96. The van der Waals surface area contributed by atoms with Crippen molar-refractivity contribution in [2.24, 2.45) is 5.41 Å². The normalized spacial score (nSPS) is 22.6. The van der Waals surface area contributed by atoms with Crippen LogP contribution in [0, 0.1) is 5.41 Å². The van der Waals surface area contributed by atoms with Crippen molar-refractivity contribution in [2.45, 2.75) is 26.2 Å². The molecule has 74 valence electrons. The molecule has 1 aliphatic rings. The summed E-state index contributed by atoms with van der Waals surface area (Å²) in [7, 11) is 2.11. The number of carbonyl (C=O) groups excluding carboxylic acids is 1. The summed E-state index contributed by atoms with van der Waals surface area (Å²) >= 11 is 0. The molecule has 0 amide bonds. The lowest BCUT2D eigenvalue weighted by Gasteiger charge is -2.36. The Kier molecular flexibility index (Phi) is 3.26. The van der Waals surface area contributed by atoms with E-state index in [2.05, 4.69) is 18.5 Å². The molecule has 1 fully saturated rings. The zero-order valence-electron chi connectivity index (χ0n) is 8.68. The predicted octanol–water partition coefficient (Wildman–Crippen LogP) is 1.86. The van der Waals surface area contributed by atoms with Gasteiger partial charge in [0.1, 0.15) is 6.29 Å². The lowest BCUT2D eigenvalue weighted by Crippen LogP contribution is -2.39. The molecule has 0 saturated carbocycles. The first kappa shape index (κ1) is 10.5. The molecule has 2 nitrogen and oxygen atoms in total. The first-order chi connectivity index (χ1) is 6.08. The van der Waals surface area contributed by atoms with Gasteiger partial charge in [0.2, 0.25) is 0 Å². The number of carbonyl (C=O) groups is 1. The molecule has 0 spiro atoms. The average Bonchev–Trinajstić information content (AvgIpc) is 2.09. The van der Waals surface area contributed by atoms with E-state index in [-0.39, 0.29) is 5.41 Å². The van der Waals surface area contributed by atoms with Gasteiger partial charge in [-0.25, -0.2) is 0 Å². The Morgan fingerprint density at radius 3 is 2.46 bits per heavy atom. The van der Waals surface area contributed by atoms with Crippen molar-refractivity contribution in [3.05, 3.63) is 12.2 Å². The molecule has 2 heteroatoms. The minimum absolute atomic E-state index is 0.0989. The van der Waals surface area contributed by atoms with E-state index in [1.54, 1.807) is 0 Å². The third kappa shape index (κ3) is 2.66. The van der Waals surface area contributed by atoms with E-state index in [0.717, 1.165) is 44.2 Å². The van der Waals surface area contributed by atoms with Crippen LogP contribution in [0.1, 0.15) is 26.2 Å². The Bertz CT molecular complexity index is 202. The number of hydrogen-bond acceptors (Lipinski definition) is 2. The van der Waals surface area contributed by atoms with Gasteiger partial charge in [-0.3, -0.25) is 0 Å². The number of allylic oxidation sites excluding steroid dienone is 1. The Balaban J connectivity index is 2.60. The summed E-state index contributed by atoms with van der Waals surface area (Å²) < 4.78 is 0. The van der Waals surface area contributed by atoms with E-state index in [0.29, 0.717) is 0 Å². The summed E-state index contributed by atoms with van der Waals surface area (Å²) in [6, 6.07) is 0. The van der Waals surface area contributed by atoms with Crippen molar-refractivity contribution in [3.8, 4) is 0 Å². The van der Waals surface area contributed by atoms with E-state index in [1.165, 1.54) is 0 Å². The molecule has 0 radical (unpaired) electrons. The molecule has 1 rings (SSSR count). The summed E-state index contributed by atoms with van der Waals surface area (Å²) in [4.78, 5) is 13.3. The maximum atomic E-state index is 11.1. The zero-order chi connectivity index (χ0) is 9.90. The predicted molar refractivity (Wildman–Crippen MR) is 54.7 cm³/mol. The molecule has 0 aromatic carbocycles. The summed E-state index contributed by atoms with van der Waals surface area (Å²) in [6.07, 6.45) is 3.98. The van der Waals surface area contributed by atoms with Gasteiger partial charge in [-0.15, -0.1) is 6.58 Å². The zero-order valence-corrected chi connectivity index (χ0v) is 8.68. The molecule has 0 unspecified atom stereocenters. The van der Waals surface area contributed by atoms with E-state index in [1.807, 2.05) is 6.92 Å². The minimum Gasteiger partial charge on any atom is -0.306 e. The summed E-state index contributed by atoms with van der Waals surface area (Å²) in [5.74, 6) is 0. The van der Waals surface area contributed by atoms with Crippen molar-refractivity contribution in [1.82, 2.24) is 4.90 Å².